The highest BCUT2D eigenvalue weighted by Crippen LogP contribution is 2.20. The predicted octanol–water partition coefficient (Wildman–Crippen LogP) is 1.69. The van der Waals surface area contributed by atoms with Crippen LogP contribution in [0, 0.1) is 6.92 Å². The van der Waals surface area contributed by atoms with Gasteiger partial charge in [-0.25, -0.2) is 13.1 Å². The van der Waals surface area contributed by atoms with Crippen LogP contribution in [0.1, 0.15) is 11.3 Å². The molecule has 0 unspecified atom stereocenters. The molecule has 0 amide bonds. The van der Waals surface area contributed by atoms with Gasteiger partial charge in [0.05, 0.1) is 11.2 Å². The maximum atomic E-state index is 12.1. The molecule has 1 aromatic carbocycles. The third kappa shape index (κ3) is 3.15. The van der Waals surface area contributed by atoms with Crippen LogP contribution in [-0.2, 0) is 16.4 Å². The summed E-state index contributed by atoms with van der Waals surface area (Å²) in [6.45, 7) is 1.97. The second-order valence-corrected chi connectivity index (χ2v) is 5.93. The Hall–Kier alpha value is -1.79. The van der Waals surface area contributed by atoms with Gasteiger partial charge in [0.2, 0.25) is 10.0 Å². The Labute approximate surface area is 112 Å². The average Bonchev–Trinajstić information content (AvgIpc) is 2.85. The normalized spacial score (nSPS) is 11.6. The zero-order chi connectivity index (χ0) is 13.9. The van der Waals surface area contributed by atoms with Crippen LogP contribution in [0.25, 0.3) is 0 Å². The molecule has 102 valence electrons. The fourth-order valence-electron chi connectivity index (χ4n) is 1.76. The molecule has 0 aliphatic heterocycles. The number of benzene rings is 1. The van der Waals surface area contributed by atoms with Gasteiger partial charge in [-0.05, 0) is 36.8 Å². The number of nitrogen functional groups attached to an aromatic ring is 1. The van der Waals surface area contributed by atoms with E-state index in [4.69, 9.17) is 10.2 Å². The molecule has 1 aromatic heterocycles. The predicted molar refractivity (Wildman–Crippen MR) is 73.2 cm³/mol. The van der Waals surface area contributed by atoms with Crippen LogP contribution in [0.15, 0.2) is 45.9 Å². The lowest BCUT2D eigenvalue weighted by atomic mass is 10.2. The standard InChI is InChI=1S/C13H16N2O3S/c1-10-12(14)5-2-6-13(10)19(16,17)15-8-7-11-4-3-9-18-11/h2-6,9,15H,7-8,14H2,1H3. The number of hydrogen-bond donors (Lipinski definition) is 2. The Morgan fingerprint density at radius 3 is 2.74 bits per heavy atom. The molecule has 3 N–H and O–H groups in total. The van der Waals surface area contributed by atoms with Gasteiger partial charge in [0.1, 0.15) is 5.76 Å². The zero-order valence-electron chi connectivity index (χ0n) is 10.6. The molecule has 0 atom stereocenters. The molecule has 0 spiro atoms. The number of furan rings is 1. The summed E-state index contributed by atoms with van der Waals surface area (Å²) in [6.07, 6.45) is 2.07. The van der Waals surface area contributed by atoms with E-state index in [9.17, 15) is 8.42 Å². The lowest BCUT2D eigenvalue weighted by Gasteiger charge is -2.10. The summed E-state index contributed by atoms with van der Waals surface area (Å²) in [5, 5.41) is 0. The van der Waals surface area contributed by atoms with E-state index < -0.39 is 10.0 Å². The second kappa shape index (κ2) is 5.46. The zero-order valence-corrected chi connectivity index (χ0v) is 11.4. The van der Waals surface area contributed by atoms with E-state index in [0.29, 0.717) is 17.7 Å². The molecular weight excluding hydrogens is 264 g/mol. The fourth-order valence-corrected chi connectivity index (χ4v) is 3.07. The summed E-state index contributed by atoms with van der Waals surface area (Å²) in [5.41, 5.74) is 6.75. The first-order valence-corrected chi connectivity index (χ1v) is 7.36. The Morgan fingerprint density at radius 2 is 2.05 bits per heavy atom. The summed E-state index contributed by atoms with van der Waals surface area (Å²) < 4.78 is 32.0. The van der Waals surface area contributed by atoms with Crippen LogP contribution in [0.4, 0.5) is 5.69 Å². The number of sulfonamides is 1. The van der Waals surface area contributed by atoms with Crippen LogP contribution in [0.2, 0.25) is 0 Å². The van der Waals surface area contributed by atoms with E-state index in [1.54, 1.807) is 43.5 Å². The Balaban J connectivity index is 2.08. The van der Waals surface area contributed by atoms with Crippen LogP contribution in [0.5, 0.6) is 0 Å². The van der Waals surface area contributed by atoms with Crippen molar-refractivity contribution in [2.24, 2.45) is 0 Å². The number of nitrogens with one attached hydrogen (secondary N) is 1. The maximum absolute atomic E-state index is 12.1. The van der Waals surface area contributed by atoms with Crippen LogP contribution in [0.3, 0.4) is 0 Å². The molecule has 0 aliphatic rings. The molecule has 1 heterocycles. The lowest BCUT2D eigenvalue weighted by molar-refractivity contribution is 0.506. The summed E-state index contributed by atoms with van der Waals surface area (Å²) in [5.74, 6) is 0.743. The molecule has 0 aliphatic carbocycles. The minimum atomic E-state index is -3.54. The molecule has 0 bridgehead atoms. The molecule has 0 saturated carbocycles. The van der Waals surface area contributed by atoms with Gasteiger partial charge in [-0.3, -0.25) is 0 Å². The molecule has 6 heteroatoms. The van der Waals surface area contributed by atoms with Crippen molar-refractivity contribution < 1.29 is 12.8 Å². The van der Waals surface area contributed by atoms with Gasteiger partial charge in [0.25, 0.3) is 0 Å². The van der Waals surface area contributed by atoms with E-state index >= 15 is 0 Å². The van der Waals surface area contributed by atoms with Crippen LogP contribution >= 0.6 is 0 Å². The quantitative estimate of drug-likeness (QED) is 0.816. The molecule has 0 fully saturated rings. The topological polar surface area (TPSA) is 85.3 Å². The number of anilines is 1. The van der Waals surface area contributed by atoms with Crippen molar-refractivity contribution in [3.8, 4) is 0 Å². The van der Waals surface area contributed by atoms with Crippen molar-refractivity contribution in [2.45, 2.75) is 18.2 Å². The van der Waals surface area contributed by atoms with Gasteiger partial charge in [-0.15, -0.1) is 0 Å². The minimum Gasteiger partial charge on any atom is -0.469 e. The highest BCUT2D eigenvalue weighted by Gasteiger charge is 2.17. The average molecular weight is 280 g/mol. The van der Waals surface area contributed by atoms with E-state index in [-0.39, 0.29) is 11.4 Å². The van der Waals surface area contributed by atoms with Gasteiger partial charge in [0, 0.05) is 18.7 Å². The van der Waals surface area contributed by atoms with Gasteiger partial charge in [0.15, 0.2) is 0 Å². The van der Waals surface area contributed by atoms with Crippen molar-refractivity contribution in [3.63, 3.8) is 0 Å². The SMILES string of the molecule is Cc1c(N)cccc1S(=O)(=O)NCCc1ccco1. The first-order valence-electron chi connectivity index (χ1n) is 5.88. The lowest BCUT2D eigenvalue weighted by Crippen LogP contribution is -2.26. The van der Waals surface area contributed by atoms with E-state index in [1.807, 2.05) is 0 Å². The summed E-state index contributed by atoms with van der Waals surface area (Å²) in [6, 6.07) is 8.42. The van der Waals surface area contributed by atoms with Crippen molar-refractivity contribution >= 4 is 15.7 Å². The summed E-state index contributed by atoms with van der Waals surface area (Å²) >= 11 is 0. The summed E-state index contributed by atoms with van der Waals surface area (Å²) in [4.78, 5) is 0.215. The second-order valence-electron chi connectivity index (χ2n) is 4.20. The fraction of sp³-hybridized carbons (Fsp3) is 0.231. The van der Waals surface area contributed by atoms with Gasteiger partial charge >= 0.3 is 0 Å². The van der Waals surface area contributed by atoms with Crippen molar-refractivity contribution in [1.29, 1.82) is 0 Å². The first kappa shape index (κ1) is 13.6. The third-order valence-corrected chi connectivity index (χ3v) is 4.46. The Bertz CT molecular complexity index is 649. The Morgan fingerprint density at radius 1 is 1.26 bits per heavy atom. The number of hydrogen-bond acceptors (Lipinski definition) is 4. The van der Waals surface area contributed by atoms with Crippen LogP contribution < -0.4 is 10.5 Å². The summed E-state index contributed by atoms with van der Waals surface area (Å²) in [7, 11) is -3.54. The monoisotopic (exact) mass is 280 g/mol. The molecular formula is C13H16N2O3S. The third-order valence-electron chi connectivity index (χ3n) is 2.86. The molecule has 0 radical (unpaired) electrons. The number of rotatable bonds is 5. The van der Waals surface area contributed by atoms with Gasteiger partial charge in [-0.2, -0.15) is 0 Å². The molecule has 2 rings (SSSR count). The number of nitrogens with two attached hydrogens (primary N) is 1. The largest absolute Gasteiger partial charge is 0.469 e. The molecule has 0 saturated heterocycles. The Kier molecular flexibility index (Phi) is 3.92. The van der Waals surface area contributed by atoms with Crippen molar-refractivity contribution in [3.05, 3.63) is 47.9 Å². The molecule has 5 nitrogen and oxygen atoms in total. The molecule has 19 heavy (non-hydrogen) atoms. The highest BCUT2D eigenvalue weighted by atomic mass is 32.2. The van der Waals surface area contributed by atoms with E-state index in [1.165, 1.54) is 0 Å². The maximum Gasteiger partial charge on any atom is 0.240 e. The molecule has 2 aromatic rings. The first-order chi connectivity index (χ1) is 9.00. The smallest absolute Gasteiger partial charge is 0.240 e. The van der Waals surface area contributed by atoms with Crippen molar-refractivity contribution in [1.82, 2.24) is 4.72 Å². The van der Waals surface area contributed by atoms with E-state index in [0.717, 1.165) is 5.76 Å². The van der Waals surface area contributed by atoms with E-state index in [2.05, 4.69) is 4.72 Å². The van der Waals surface area contributed by atoms with Crippen LogP contribution in [-0.4, -0.2) is 15.0 Å². The van der Waals surface area contributed by atoms with Crippen molar-refractivity contribution in [2.75, 3.05) is 12.3 Å². The van der Waals surface area contributed by atoms with Gasteiger partial charge < -0.3 is 10.2 Å². The minimum absolute atomic E-state index is 0.215. The highest BCUT2D eigenvalue weighted by molar-refractivity contribution is 7.89. The van der Waals surface area contributed by atoms with Gasteiger partial charge in [-0.1, -0.05) is 6.07 Å².